The lowest BCUT2D eigenvalue weighted by Gasteiger charge is -2.03. The fraction of sp³-hybridized carbons (Fsp3) is 0.833. The zero-order chi connectivity index (χ0) is 10.3. The number of rotatable bonds is 7. The smallest absolute Gasteiger partial charge is 0.217 e. The molecule has 0 saturated heterocycles. The molecule has 0 aromatic heterocycles. The fourth-order valence-electron chi connectivity index (χ4n) is 0.683. The third-order valence-corrected chi connectivity index (χ3v) is 2.65. The molecule has 0 radical (unpaired) electrons. The van der Waals surface area contributed by atoms with E-state index in [0.717, 1.165) is 0 Å². The van der Waals surface area contributed by atoms with E-state index in [2.05, 4.69) is 4.72 Å². The van der Waals surface area contributed by atoms with Gasteiger partial charge in [0, 0.05) is 13.0 Å². The van der Waals surface area contributed by atoms with Crippen LogP contribution in [-0.4, -0.2) is 38.3 Å². The van der Waals surface area contributed by atoms with E-state index in [1.54, 1.807) is 0 Å². The van der Waals surface area contributed by atoms with Crippen molar-refractivity contribution in [3.63, 3.8) is 0 Å². The number of hydrogen-bond acceptors (Lipinski definition) is 4. The highest BCUT2D eigenvalue weighted by molar-refractivity contribution is 7.89. The van der Waals surface area contributed by atoms with Crippen molar-refractivity contribution in [2.75, 3.05) is 18.9 Å². The number of carbonyl (C=O) groups excluding carboxylic acids is 1. The monoisotopic (exact) mass is 210 g/mol. The van der Waals surface area contributed by atoms with Crippen molar-refractivity contribution in [2.24, 2.45) is 5.73 Å². The molecule has 0 aromatic rings. The number of nitrogens with two attached hydrogens (primary N) is 1. The lowest BCUT2D eigenvalue weighted by atomic mass is 10.3. The maximum absolute atomic E-state index is 10.9. The van der Waals surface area contributed by atoms with Gasteiger partial charge in [0.15, 0.2) is 0 Å². The topological polar surface area (TPSA) is 109 Å². The number of primary amides is 1. The van der Waals surface area contributed by atoms with Crippen molar-refractivity contribution in [1.29, 1.82) is 0 Å². The number of hydrogen-bond donors (Lipinski definition) is 3. The Morgan fingerprint density at radius 1 is 1.46 bits per heavy atom. The summed E-state index contributed by atoms with van der Waals surface area (Å²) < 4.78 is 24.0. The van der Waals surface area contributed by atoms with Crippen molar-refractivity contribution >= 4 is 15.9 Å². The van der Waals surface area contributed by atoms with E-state index in [-0.39, 0.29) is 18.7 Å². The molecule has 0 aliphatic rings. The van der Waals surface area contributed by atoms with Gasteiger partial charge in [0.25, 0.3) is 0 Å². The number of amides is 1. The molecule has 1 amide bonds. The van der Waals surface area contributed by atoms with E-state index in [9.17, 15) is 13.2 Å². The summed E-state index contributed by atoms with van der Waals surface area (Å²) in [6.45, 7) is -0.240. The van der Waals surface area contributed by atoms with Gasteiger partial charge in [-0.3, -0.25) is 4.79 Å². The Labute approximate surface area is 77.2 Å². The Hall–Kier alpha value is -0.660. The fourth-order valence-corrected chi connectivity index (χ4v) is 1.52. The number of aliphatic hydroxyl groups is 1. The summed E-state index contributed by atoms with van der Waals surface area (Å²) in [6, 6.07) is 0. The van der Waals surface area contributed by atoms with Crippen LogP contribution < -0.4 is 10.5 Å². The van der Waals surface area contributed by atoms with Gasteiger partial charge in [0.1, 0.15) is 0 Å². The molecule has 0 heterocycles. The molecule has 7 heteroatoms. The minimum absolute atomic E-state index is 0.154. The molecule has 13 heavy (non-hydrogen) atoms. The summed E-state index contributed by atoms with van der Waals surface area (Å²) in [4.78, 5) is 10.3. The zero-order valence-electron chi connectivity index (χ0n) is 7.19. The van der Waals surface area contributed by atoms with Gasteiger partial charge in [0.05, 0.1) is 12.4 Å². The van der Waals surface area contributed by atoms with Crippen LogP contribution in [0.3, 0.4) is 0 Å². The SMILES string of the molecule is NC(=O)CCCNS(=O)(=O)CCO. The molecule has 0 saturated carbocycles. The Kier molecular flexibility index (Phi) is 5.60. The first-order valence-electron chi connectivity index (χ1n) is 3.84. The third-order valence-electron chi connectivity index (χ3n) is 1.28. The van der Waals surface area contributed by atoms with Gasteiger partial charge < -0.3 is 10.8 Å². The van der Waals surface area contributed by atoms with E-state index in [0.29, 0.717) is 6.42 Å². The molecule has 0 aromatic carbocycles. The van der Waals surface area contributed by atoms with Crippen LogP contribution in [0.2, 0.25) is 0 Å². The van der Waals surface area contributed by atoms with Crippen molar-refractivity contribution < 1.29 is 18.3 Å². The molecule has 0 unspecified atom stereocenters. The summed E-state index contributed by atoms with van der Waals surface area (Å²) in [6.07, 6.45) is 0.529. The van der Waals surface area contributed by atoms with E-state index in [1.807, 2.05) is 0 Å². The number of nitrogens with one attached hydrogen (secondary N) is 1. The molecule has 0 aliphatic heterocycles. The van der Waals surface area contributed by atoms with Crippen LogP contribution >= 0.6 is 0 Å². The molecule has 0 fully saturated rings. The van der Waals surface area contributed by atoms with E-state index < -0.39 is 22.5 Å². The number of sulfonamides is 1. The molecule has 0 rings (SSSR count). The first kappa shape index (κ1) is 12.3. The third kappa shape index (κ3) is 7.69. The van der Waals surface area contributed by atoms with Gasteiger partial charge in [0.2, 0.25) is 15.9 Å². The molecule has 0 spiro atoms. The predicted octanol–water partition coefficient (Wildman–Crippen LogP) is -1.84. The molecule has 0 bridgehead atoms. The van der Waals surface area contributed by atoms with E-state index >= 15 is 0 Å². The van der Waals surface area contributed by atoms with Crippen LogP contribution in [0.1, 0.15) is 12.8 Å². The maximum atomic E-state index is 10.9. The van der Waals surface area contributed by atoms with Crippen LogP contribution in [0, 0.1) is 0 Å². The van der Waals surface area contributed by atoms with Crippen molar-refractivity contribution in [1.82, 2.24) is 4.72 Å². The van der Waals surface area contributed by atoms with Crippen LogP contribution in [-0.2, 0) is 14.8 Å². The first-order valence-corrected chi connectivity index (χ1v) is 5.49. The molecule has 78 valence electrons. The maximum Gasteiger partial charge on any atom is 0.217 e. The molecule has 0 aliphatic carbocycles. The summed E-state index contributed by atoms with van der Waals surface area (Å²) >= 11 is 0. The molecular weight excluding hydrogens is 196 g/mol. The Balaban J connectivity index is 3.58. The first-order chi connectivity index (χ1) is 5.98. The van der Waals surface area contributed by atoms with Gasteiger partial charge >= 0.3 is 0 Å². The van der Waals surface area contributed by atoms with Gasteiger partial charge in [-0.25, -0.2) is 13.1 Å². The Morgan fingerprint density at radius 2 is 2.08 bits per heavy atom. The average molecular weight is 210 g/mol. The standard InChI is InChI=1S/C6H14N2O4S/c7-6(10)2-1-3-8-13(11,12)5-4-9/h8-9H,1-5H2,(H2,7,10). The van der Waals surface area contributed by atoms with Crippen molar-refractivity contribution in [3.05, 3.63) is 0 Å². The van der Waals surface area contributed by atoms with Crippen LogP contribution in [0.25, 0.3) is 0 Å². The van der Waals surface area contributed by atoms with E-state index in [1.165, 1.54) is 0 Å². The van der Waals surface area contributed by atoms with Crippen LogP contribution in [0.5, 0.6) is 0 Å². The van der Waals surface area contributed by atoms with Gasteiger partial charge in [-0.05, 0) is 6.42 Å². The summed E-state index contributed by atoms with van der Waals surface area (Å²) in [5, 5.41) is 8.35. The normalized spacial score (nSPS) is 11.5. The van der Waals surface area contributed by atoms with Crippen molar-refractivity contribution in [2.45, 2.75) is 12.8 Å². The largest absolute Gasteiger partial charge is 0.395 e. The Bertz CT molecular complexity index is 249. The quantitative estimate of drug-likeness (QED) is 0.429. The molecule has 4 N–H and O–H groups in total. The van der Waals surface area contributed by atoms with Crippen LogP contribution in [0.15, 0.2) is 0 Å². The molecular formula is C6H14N2O4S. The van der Waals surface area contributed by atoms with Crippen LogP contribution in [0.4, 0.5) is 0 Å². The minimum atomic E-state index is -3.38. The molecule has 6 nitrogen and oxygen atoms in total. The average Bonchev–Trinajstić information content (AvgIpc) is 1.98. The highest BCUT2D eigenvalue weighted by atomic mass is 32.2. The van der Waals surface area contributed by atoms with Gasteiger partial charge in [-0.15, -0.1) is 0 Å². The summed E-state index contributed by atoms with van der Waals surface area (Å²) in [7, 11) is -3.38. The number of carbonyl (C=O) groups is 1. The van der Waals surface area contributed by atoms with Gasteiger partial charge in [-0.2, -0.15) is 0 Å². The second-order valence-corrected chi connectivity index (χ2v) is 4.43. The summed E-state index contributed by atoms with van der Waals surface area (Å²) in [5.41, 5.74) is 4.84. The summed E-state index contributed by atoms with van der Waals surface area (Å²) in [5.74, 6) is -0.773. The lowest BCUT2D eigenvalue weighted by molar-refractivity contribution is -0.118. The highest BCUT2D eigenvalue weighted by Crippen LogP contribution is 1.88. The second-order valence-electron chi connectivity index (χ2n) is 2.51. The Morgan fingerprint density at radius 3 is 2.54 bits per heavy atom. The highest BCUT2D eigenvalue weighted by Gasteiger charge is 2.07. The minimum Gasteiger partial charge on any atom is -0.395 e. The lowest BCUT2D eigenvalue weighted by Crippen LogP contribution is -2.29. The number of aliphatic hydroxyl groups excluding tert-OH is 1. The second kappa shape index (κ2) is 5.90. The zero-order valence-corrected chi connectivity index (χ0v) is 8.01. The van der Waals surface area contributed by atoms with Gasteiger partial charge in [-0.1, -0.05) is 0 Å². The van der Waals surface area contributed by atoms with E-state index in [4.69, 9.17) is 10.8 Å². The molecule has 0 atom stereocenters. The predicted molar refractivity (Wildman–Crippen MR) is 47.3 cm³/mol. The van der Waals surface area contributed by atoms with Crippen molar-refractivity contribution in [3.8, 4) is 0 Å².